The lowest BCUT2D eigenvalue weighted by Gasteiger charge is -2.29. The molecular formula is C13H17BrN2O2. The molecule has 5 heteroatoms. The Hall–Kier alpha value is -0.810. The first kappa shape index (κ1) is 12.2. The van der Waals surface area contributed by atoms with Gasteiger partial charge in [-0.25, -0.2) is 0 Å². The van der Waals surface area contributed by atoms with Gasteiger partial charge in [0, 0.05) is 19.1 Å². The Morgan fingerprint density at radius 1 is 1.39 bits per heavy atom. The van der Waals surface area contributed by atoms with E-state index in [0.29, 0.717) is 22.3 Å². The average Bonchev–Trinajstić information content (AvgIpc) is 2.95. The molecule has 18 heavy (non-hydrogen) atoms. The van der Waals surface area contributed by atoms with Gasteiger partial charge in [-0.1, -0.05) is 6.42 Å². The summed E-state index contributed by atoms with van der Waals surface area (Å²) in [5, 5.41) is 0. The smallest absolute Gasteiger partial charge is 0.289 e. The Bertz CT molecular complexity index is 460. The van der Waals surface area contributed by atoms with Crippen molar-refractivity contribution in [3.8, 4) is 0 Å². The van der Waals surface area contributed by atoms with Crippen LogP contribution >= 0.6 is 15.9 Å². The molecule has 0 radical (unpaired) electrons. The van der Waals surface area contributed by atoms with Crippen LogP contribution in [-0.2, 0) is 0 Å². The molecule has 1 aliphatic heterocycles. The minimum Gasteiger partial charge on any atom is -0.444 e. The van der Waals surface area contributed by atoms with E-state index in [4.69, 9.17) is 10.2 Å². The summed E-state index contributed by atoms with van der Waals surface area (Å²) in [5.41, 5.74) is 6.16. The summed E-state index contributed by atoms with van der Waals surface area (Å²) in [6.07, 6.45) is 3.48. The molecule has 1 aromatic heterocycles. The van der Waals surface area contributed by atoms with Gasteiger partial charge in [-0.05, 0) is 52.7 Å². The molecule has 1 saturated carbocycles. The van der Waals surface area contributed by atoms with Crippen LogP contribution in [0.3, 0.4) is 0 Å². The molecule has 3 atom stereocenters. The number of hydrogen-bond donors (Lipinski definition) is 1. The van der Waals surface area contributed by atoms with Crippen molar-refractivity contribution in [1.29, 1.82) is 0 Å². The van der Waals surface area contributed by atoms with Gasteiger partial charge >= 0.3 is 0 Å². The summed E-state index contributed by atoms with van der Waals surface area (Å²) >= 11 is 3.22. The highest BCUT2D eigenvalue weighted by molar-refractivity contribution is 9.10. The van der Waals surface area contributed by atoms with E-state index in [1.54, 1.807) is 12.1 Å². The molecule has 2 fully saturated rings. The molecule has 3 unspecified atom stereocenters. The van der Waals surface area contributed by atoms with E-state index >= 15 is 0 Å². The van der Waals surface area contributed by atoms with Crippen molar-refractivity contribution < 1.29 is 9.21 Å². The molecule has 3 rings (SSSR count). The highest BCUT2D eigenvalue weighted by atomic mass is 79.9. The van der Waals surface area contributed by atoms with Crippen molar-refractivity contribution in [1.82, 2.24) is 4.90 Å². The predicted octanol–water partition coefficient (Wildman–Crippen LogP) is 2.24. The first-order chi connectivity index (χ1) is 8.65. The molecule has 2 N–H and O–H groups in total. The van der Waals surface area contributed by atoms with E-state index < -0.39 is 0 Å². The molecule has 0 aromatic carbocycles. The van der Waals surface area contributed by atoms with E-state index in [-0.39, 0.29) is 11.9 Å². The number of halogens is 1. The van der Waals surface area contributed by atoms with Crippen LogP contribution in [0.5, 0.6) is 0 Å². The highest BCUT2D eigenvalue weighted by Gasteiger charge is 2.41. The molecule has 4 nitrogen and oxygen atoms in total. The number of nitrogens with two attached hydrogens (primary N) is 1. The van der Waals surface area contributed by atoms with E-state index in [1.807, 2.05) is 4.90 Å². The first-order valence-electron chi connectivity index (χ1n) is 6.45. The van der Waals surface area contributed by atoms with Crippen molar-refractivity contribution in [3.05, 3.63) is 22.6 Å². The molecule has 1 amide bonds. The summed E-state index contributed by atoms with van der Waals surface area (Å²) in [6.45, 7) is 1.61. The highest BCUT2D eigenvalue weighted by Crippen LogP contribution is 2.36. The van der Waals surface area contributed by atoms with Gasteiger partial charge < -0.3 is 15.1 Å². The fourth-order valence-electron chi connectivity index (χ4n) is 3.27. The van der Waals surface area contributed by atoms with E-state index in [2.05, 4.69) is 15.9 Å². The quantitative estimate of drug-likeness (QED) is 0.865. The number of carbonyl (C=O) groups is 1. The number of rotatable bonds is 1. The van der Waals surface area contributed by atoms with E-state index in [9.17, 15) is 4.79 Å². The van der Waals surface area contributed by atoms with Crippen LogP contribution in [0.1, 0.15) is 29.8 Å². The van der Waals surface area contributed by atoms with Crippen LogP contribution in [0, 0.1) is 11.8 Å². The minimum absolute atomic E-state index is 0.0118. The lowest BCUT2D eigenvalue weighted by atomic mass is 9.78. The summed E-state index contributed by atoms with van der Waals surface area (Å²) in [7, 11) is 0. The van der Waals surface area contributed by atoms with Crippen molar-refractivity contribution in [2.75, 3.05) is 13.1 Å². The fourth-order valence-corrected chi connectivity index (χ4v) is 3.57. The lowest BCUT2D eigenvalue weighted by molar-refractivity contribution is 0.0750. The third-order valence-corrected chi connectivity index (χ3v) is 4.65. The van der Waals surface area contributed by atoms with Gasteiger partial charge in [-0.2, -0.15) is 0 Å². The minimum atomic E-state index is -0.0118. The summed E-state index contributed by atoms with van der Waals surface area (Å²) < 4.78 is 5.93. The van der Waals surface area contributed by atoms with Crippen molar-refractivity contribution >= 4 is 21.8 Å². The first-order valence-corrected chi connectivity index (χ1v) is 7.24. The average molecular weight is 313 g/mol. The molecule has 1 saturated heterocycles. The molecule has 0 spiro atoms. The maximum atomic E-state index is 12.3. The van der Waals surface area contributed by atoms with Gasteiger partial charge in [0.25, 0.3) is 5.91 Å². The van der Waals surface area contributed by atoms with Crippen molar-refractivity contribution in [2.24, 2.45) is 17.6 Å². The zero-order valence-electron chi connectivity index (χ0n) is 10.1. The second kappa shape index (κ2) is 4.70. The maximum absolute atomic E-state index is 12.3. The second-order valence-electron chi connectivity index (χ2n) is 5.33. The van der Waals surface area contributed by atoms with Crippen molar-refractivity contribution in [2.45, 2.75) is 25.3 Å². The van der Waals surface area contributed by atoms with Crippen LogP contribution < -0.4 is 5.73 Å². The van der Waals surface area contributed by atoms with E-state index in [0.717, 1.165) is 19.5 Å². The van der Waals surface area contributed by atoms with Gasteiger partial charge in [0.15, 0.2) is 10.4 Å². The Labute approximate surface area is 115 Å². The summed E-state index contributed by atoms with van der Waals surface area (Å²) in [4.78, 5) is 14.2. The number of furan rings is 1. The molecule has 2 heterocycles. The molecular weight excluding hydrogens is 296 g/mol. The number of likely N-dealkylation sites (tertiary alicyclic amines) is 1. The SMILES string of the molecule is NC1CCCC2CN(C(=O)c3ccc(Br)o3)CC12. The third-order valence-electron chi connectivity index (χ3n) is 4.23. The second-order valence-corrected chi connectivity index (χ2v) is 6.11. The predicted molar refractivity (Wildman–Crippen MR) is 71.1 cm³/mol. The van der Waals surface area contributed by atoms with Crippen LogP contribution in [-0.4, -0.2) is 29.9 Å². The number of fused-ring (bicyclic) bond motifs is 1. The monoisotopic (exact) mass is 312 g/mol. The molecule has 98 valence electrons. The van der Waals surface area contributed by atoms with Gasteiger partial charge in [0.2, 0.25) is 0 Å². The van der Waals surface area contributed by atoms with Crippen molar-refractivity contribution in [3.63, 3.8) is 0 Å². The largest absolute Gasteiger partial charge is 0.444 e. The van der Waals surface area contributed by atoms with Gasteiger partial charge in [0.1, 0.15) is 0 Å². The van der Waals surface area contributed by atoms with Crippen LogP contribution in [0.2, 0.25) is 0 Å². The van der Waals surface area contributed by atoms with Gasteiger partial charge in [0.05, 0.1) is 0 Å². The Balaban J connectivity index is 1.73. The molecule has 1 aromatic rings. The lowest BCUT2D eigenvalue weighted by Crippen LogP contribution is -2.38. The number of nitrogens with zero attached hydrogens (tertiary/aromatic N) is 1. The topological polar surface area (TPSA) is 59.5 Å². The number of hydrogen-bond acceptors (Lipinski definition) is 3. The zero-order valence-corrected chi connectivity index (χ0v) is 11.7. The van der Waals surface area contributed by atoms with E-state index in [1.165, 1.54) is 12.8 Å². The number of carbonyl (C=O) groups excluding carboxylic acids is 1. The standard InChI is InChI=1S/C13H17BrN2O2/c14-12-5-4-11(18-12)13(17)16-6-8-2-1-3-10(15)9(8)7-16/h4-5,8-10H,1-3,6-7,15H2. The Morgan fingerprint density at radius 3 is 2.89 bits per heavy atom. The normalized spacial score (nSPS) is 31.4. The maximum Gasteiger partial charge on any atom is 0.289 e. The van der Waals surface area contributed by atoms with Crippen LogP contribution in [0.4, 0.5) is 0 Å². The summed E-state index contributed by atoms with van der Waals surface area (Å²) in [6, 6.07) is 3.72. The Morgan fingerprint density at radius 2 is 2.22 bits per heavy atom. The Kier molecular flexibility index (Phi) is 3.20. The van der Waals surface area contributed by atoms with Gasteiger partial charge in [-0.15, -0.1) is 0 Å². The third kappa shape index (κ3) is 2.10. The fraction of sp³-hybridized carbons (Fsp3) is 0.615. The zero-order chi connectivity index (χ0) is 12.7. The molecule has 0 bridgehead atoms. The number of amides is 1. The summed E-state index contributed by atoms with van der Waals surface area (Å²) in [5.74, 6) is 1.45. The molecule has 1 aliphatic carbocycles. The van der Waals surface area contributed by atoms with Gasteiger partial charge in [-0.3, -0.25) is 4.79 Å². The molecule has 2 aliphatic rings. The van der Waals surface area contributed by atoms with Crippen LogP contribution in [0.15, 0.2) is 21.2 Å². The van der Waals surface area contributed by atoms with Crippen LogP contribution in [0.25, 0.3) is 0 Å².